The Kier molecular flexibility index (Phi) is 9.28. The third kappa shape index (κ3) is 8.01. The Balaban J connectivity index is 2.77. The predicted octanol–water partition coefficient (Wildman–Crippen LogP) is 4.30. The Morgan fingerprint density at radius 2 is 1.68 bits per heavy atom. The van der Waals surface area contributed by atoms with Gasteiger partial charge in [-0.25, -0.2) is 0 Å². The van der Waals surface area contributed by atoms with Crippen LogP contribution in [0.5, 0.6) is 0 Å². The fourth-order valence-corrected chi connectivity index (χ4v) is 2.64. The molecule has 0 heterocycles. The molecular weight excluding hydrogens is 280 g/mol. The number of carbonyl (C=O) groups is 2. The highest BCUT2D eigenvalue weighted by atomic mass is 16.5. The number of ether oxygens (including phenoxy) is 2. The Labute approximate surface area is 133 Å². The van der Waals surface area contributed by atoms with E-state index in [0.29, 0.717) is 5.76 Å². The Morgan fingerprint density at radius 3 is 2.32 bits per heavy atom. The van der Waals surface area contributed by atoms with E-state index in [1.165, 1.54) is 33.3 Å². The van der Waals surface area contributed by atoms with Crippen LogP contribution in [0.1, 0.15) is 64.7 Å². The molecule has 0 bridgehead atoms. The van der Waals surface area contributed by atoms with Gasteiger partial charge in [-0.1, -0.05) is 50.7 Å². The van der Waals surface area contributed by atoms with Crippen molar-refractivity contribution in [1.82, 2.24) is 0 Å². The van der Waals surface area contributed by atoms with E-state index in [4.69, 9.17) is 9.47 Å². The molecule has 4 heteroatoms. The number of allylic oxidation sites excluding steroid dienone is 3. The van der Waals surface area contributed by atoms with Gasteiger partial charge in [0.2, 0.25) is 0 Å². The van der Waals surface area contributed by atoms with E-state index in [2.05, 4.69) is 0 Å². The second-order valence-electron chi connectivity index (χ2n) is 5.75. The van der Waals surface area contributed by atoms with Crippen LogP contribution in [0.15, 0.2) is 24.0 Å². The predicted molar refractivity (Wildman–Crippen MR) is 86.0 cm³/mol. The lowest BCUT2D eigenvalue weighted by Gasteiger charge is -2.11. The molecule has 0 fully saturated rings. The van der Waals surface area contributed by atoms with E-state index in [-0.39, 0.29) is 17.9 Å². The van der Waals surface area contributed by atoms with Crippen LogP contribution in [0.2, 0.25) is 0 Å². The number of hydrogen-bond donors (Lipinski definition) is 0. The molecule has 0 saturated heterocycles. The van der Waals surface area contributed by atoms with Crippen molar-refractivity contribution in [3.8, 4) is 0 Å². The Bertz CT molecular complexity index is 409. The van der Waals surface area contributed by atoms with Crippen molar-refractivity contribution in [2.75, 3.05) is 7.11 Å². The number of methoxy groups -OCH3 is 1. The van der Waals surface area contributed by atoms with Crippen molar-refractivity contribution >= 4 is 11.9 Å². The summed E-state index contributed by atoms with van der Waals surface area (Å²) in [5.41, 5.74) is 0. The molecule has 1 aliphatic rings. The maximum atomic E-state index is 11.8. The average molecular weight is 308 g/mol. The van der Waals surface area contributed by atoms with Crippen LogP contribution in [0, 0.1) is 5.92 Å². The van der Waals surface area contributed by atoms with Crippen molar-refractivity contribution in [2.45, 2.75) is 64.7 Å². The first kappa shape index (κ1) is 18.5. The Morgan fingerprint density at radius 1 is 1.05 bits per heavy atom. The molecule has 1 aliphatic carbocycles. The summed E-state index contributed by atoms with van der Waals surface area (Å²) in [5, 5.41) is 0. The quantitative estimate of drug-likeness (QED) is 0.714. The summed E-state index contributed by atoms with van der Waals surface area (Å²) in [6, 6.07) is 0. The van der Waals surface area contributed by atoms with Gasteiger partial charge in [-0.05, 0) is 18.9 Å². The molecule has 0 spiro atoms. The molecule has 124 valence electrons. The first-order valence-electron chi connectivity index (χ1n) is 8.27. The van der Waals surface area contributed by atoms with Crippen molar-refractivity contribution < 1.29 is 19.1 Å². The Hall–Kier alpha value is -1.58. The molecule has 0 unspecified atom stereocenters. The van der Waals surface area contributed by atoms with Crippen LogP contribution in [0.3, 0.4) is 0 Å². The second kappa shape index (κ2) is 11.0. The highest BCUT2D eigenvalue weighted by Gasteiger charge is 2.15. The number of rotatable bonds is 2. The summed E-state index contributed by atoms with van der Waals surface area (Å²) in [4.78, 5) is 22.9. The highest BCUT2D eigenvalue weighted by Crippen LogP contribution is 2.18. The zero-order chi connectivity index (χ0) is 16.2. The summed E-state index contributed by atoms with van der Waals surface area (Å²) < 4.78 is 10.1. The summed E-state index contributed by atoms with van der Waals surface area (Å²) in [6.07, 6.45) is 15.0. The van der Waals surface area contributed by atoms with E-state index in [1.807, 2.05) is 12.2 Å². The summed E-state index contributed by atoms with van der Waals surface area (Å²) in [5.74, 6) is -0.0525. The minimum absolute atomic E-state index is 0.203. The van der Waals surface area contributed by atoms with Gasteiger partial charge >= 0.3 is 11.9 Å². The van der Waals surface area contributed by atoms with Gasteiger partial charge in [0.25, 0.3) is 0 Å². The lowest BCUT2D eigenvalue weighted by Crippen LogP contribution is -2.13. The van der Waals surface area contributed by atoms with Crippen molar-refractivity contribution in [3.63, 3.8) is 0 Å². The van der Waals surface area contributed by atoms with Crippen LogP contribution in [-0.4, -0.2) is 19.0 Å². The van der Waals surface area contributed by atoms with E-state index < -0.39 is 0 Å². The highest BCUT2D eigenvalue weighted by molar-refractivity contribution is 5.74. The monoisotopic (exact) mass is 308 g/mol. The molecule has 0 N–H and O–H groups in total. The smallest absolute Gasteiger partial charge is 0.312 e. The maximum absolute atomic E-state index is 11.8. The van der Waals surface area contributed by atoms with Crippen LogP contribution in [0.25, 0.3) is 0 Å². The fraction of sp³-hybridized carbons (Fsp3) is 0.667. The lowest BCUT2D eigenvalue weighted by molar-refractivity contribution is -0.144. The zero-order valence-electron chi connectivity index (χ0n) is 13.8. The fourth-order valence-electron chi connectivity index (χ4n) is 2.64. The molecule has 22 heavy (non-hydrogen) atoms. The number of hydrogen-bond acceptors (Lipinski definition) is 4. The van der Waals surface area contributed by atoms with Gasteiger partial charge in [0.15, 0.2) is 0 Å². The molecule has 0 radical (unpaired) electrons. The lowest BCUT2D eigenvalue weighted by atomic mass is 9.98. The zero-order valence-corrected chi connectivity index (χ0v) is 13.8. The number of esters is 2. The van der Waals surface area contributed by atoms with Crippen LogP contribution in [0.4, 0.5) is 0 Å². The molecule has 0 saturated carbocycles. The van der Waals surface area contributed by atoms with Crippen LogP contribution < -0.4 is 0 Å². The molecule has 0 aromatic rings. The average Bonchev–Trinajstić information content (AvgIpc) is 2.49. The third-order valence-electron chi connectivity index (χ3n) is 3.84. The van der Waals surface area contributed by atoms with Gasteiger partial charge < -0.3 is 9.47 Å². The van der Waals surface area contributed by atoms with Gasteiger partial charge in [-0.15, -0.1) is 0 Å². The topological polar surface area (TPSA) is 52.6 Å². The summed E-state index contributed by atoms with van der Waals surface area (Å²) >= 11 is 0. The normalized spacial score (nSPS) is 25.2. The van der Waals surface area contributed by atoms with Gasteiger partial charge in [0.05, 0.1) is 13.0 Å². The molecule has 1 rings (SSSR count). The van der Waals surface area contributed by atoms with E-state index in [0.717, 1.165) is 38.5 Å². The largest absolute Gasteiger partial charge is 0.469 e. The van der Waals surface area contributed by atoms with Crippen molar-refractivity contribution in [3.05, 3.63) is 24.0 Å². The van der Waals surface area contributed by atoms with Crippen molar-refractivity contribution in [2.24, 2.45) is 5.92 Å². The van der Waals surface area contributed by atoms with Gasteiger partial charge in [0.1, 0.15) is 5.76 Å². The molecule has 0 aromatic heterocycles. The van der Waals surface area contributed by atoms with Gasteiger partial charge in [-0.3, -0.25) is 9.59 Å². The molecule has 0 amide bonds. The molecule has 0 aromatic carbocycles. The van der Waals surface area contributed by atoms with Gasteiger partial charge in [0, 0.05) is 13.3 Å². The minimum atomic E-state index is -0.301. The maximum Gasteiger partial charge on any atom is 0.312 e. The van der Waals surface area contributed by atoms with E-state index in [1.54, 1.807) is 6.08 Å². The first-order chi connectivity index (χ1) is 10.6. The van der Waals surface area contributed by atoms with Crippen LogP contribution >= 0.6 is 0 Å². The van der Waals surface area contributed by atoms with Crippen LogP contribution in [-0.2, 0) is 19.1 Å². The van der Waals surface area contributed by atoms with E-state index >= 15 is 0 Å². The van der Waals surface area contributed by atoms with Crippen molar-refractivity contribution in [1.29, 1.82) is 0 Å². The molecule has 1 atom stereocenters. The second-order valence-corrected chi connectivity index (χ2v) is 5.75. The minimum Gasteiger partial charge on any atom is -0.469 e. The summed E-state index contributed by atoms with van der Waals surface area (Å²) in [7, 11) is 1.42. The molecule has 0 aliphatic heterocycles. The SMILES string of the molecule is COC(=O)[C@H]1/C=C\C=C(\OC(C)=O)CCCCCCCCC1. The third-order valence-corrected chi connectivity index (χ3v) is 3.84. The molecule has 4 nitrogen and oxygen atoms in total. The number of carbonyl (C=O) groups excluding carboxylic acids is 2. The standard InChI is InChI=1S/C18H28O4/c1-15(19)22-17-13-9-7-5-3-4-6-8-11-16(12-10-14-17)18(20)21-2/h10,12,14,16H,3-9,11,13H2,1-2H3/b12-10-,17-14+/t16-/m1/s1. The molecular formula is C18H28O4. The summed E-state index contributed by atoms with van der Waals surface area (Å²) in [6.45, 7) is 1.41. The van der Waals surface area contributed by atoms with E-state index in [9.17, 15) is 9.59 Å². The first-order valence-corrected chi connectivity index (χ1v) is 8.27. The van der Waals surface area contributed by atoms with Gasteiger partial charge in [-0.2, -0.15) is 0 Å².